The van der Waals surface area contributed by atoms with E-state index in [1.807, 2.05) is 0 Å². The number of ether oxygens (including phenoxy) is 4. The summed E-state index contributed by atoms with van der Waals surface area (Å²) in [6.07, 6.45) is 10.9. The zero-order chi connectivity index (χ0) is 49.4. The molecule has 0 amide bonds. The molecule has 22 heteroatoms. The van der Waals surface area contributed by atoms with E-state index in [1.165, 1.54) is 77.0 Å². The van der Waals surface area contributed by atoms with Crippen molar-refractivity contribution in [3.05, 3.63) is 93.1 Å². The predicted molar refractivity (Wildman–Crippen MR) is 210 cm³/mol. The van der Waals surface area contributed by atoms with Gasteiger partial charge in [0, 0.05) is 25.7 Å². The molecule has 0 spiro atoms. The molecule has 2 aliphatic carbocycles. The van der Waals surface area contributed by atoms with Crippen LogP contribution in [0.1, 0.15) is 90.9 Å². The number of rotatable bonds is 12. The van der Waals surface area contributed by atoms with Crippen LogP contribution in [-0.2, 0) is 0 Å². The van der Waals surface area contributed by atoms with E-state index in [4.69, 9.17) is 0 Å². The van der Waals surface area contributed by atoms with E-state index in [0.29, 0.717) is 11.1 Å². The molecule has 2 N–H and O–H groups in total. The number of methoxy groups -OCH3 is 4. The third-order valence-corrected chi connectivity index (χ3v) is 13.3. The van der Waals surface area contributed by atoms with E-state index in [9.17, 15) is 17.6 Å². The van der Waals surface area contributed by atoms with Crippen molar-refractivity contribution < 1.29 is 94.5 Å². The number of halogens is 16. The summed E-state index contributed by atoms with van der Waals surface area (Å²) in [5, 5.41) is 2.87. The fourth-order valence-electron chi connectivity index (χ4n) is 9.98. The molecule has 2 saturated carbocycles. The lowest BCUT2D eigenvalue weighted by Crippen LogP contribution is -3.06. The monoisotopic (exact) mass is 965 g/mol. The van der Waals surface area contributed by atoms with Crippen molar-refractivity contribution in [1.82, 2.24) is 0 Å². The Bertz CT molecular complexity index is 2180. The molecule has 0 aromatic heterocycles. The zero-order valence-corrected chi connectivity index (χ0v) is 36.3. The molecule has 66 heavy (non-hydrogen) atoms. The fraction of sp³-hybridized carbons (Fsp3) is 0.455. The average molecular weight is 966 g/mol. The van der Waals surface area contributed by atoms with Crippen LogP contribution < -0.4 is 46.1 Å². The summed E-state index contributed by atoms with van der Waals surface area (Å²) in [7, 11) is 1.07. The van der Waals surface area contributed by atoms with Crippen molar-refractivity contribution in [3.63, 3.8) is 0 Å². The molecule has 0 saturated heterocycles. The number of nitrogens with two attached hydrogens (primary N) is 1. The van der Waals surface area contributed by atoms with Gasteiger partial charge in [-0.2, -0.15) is 17.6 Å². The number of hydrogen-bond donors (Lipinski definition) is 1. The Kier molecular flexibility index (Phi) is 15.8. The lowest BCUT2D eigenvalue weighted by Gasteiger charge is -2.45. The van der Waals surface area contributed by atoms with Gasteiger partial charge in [0.05, 0.1) is 39.5 Å². The molecule has 364 valence electrons. The van der Waals surface area contributed by atoms with Crippen molar-refractivity contribution in [2.24, 2.45) is 0 Å². The van der Waals surface area contributed by atoms with Crippen LogP contribution in [0.5, 0.6) is 23.0 Å². The van der Waals surface area contributed by atoms with Crippen molar-refractivity contribution in [2.75, 3.05) is 28.4 Å². The summed E-state index contributed by atoms with van der Waals surface area (Å²) in [6, 6.07) is 0. The van der Waals surface area contributed by atoms with Crippen LogP contribution in [0.25, 0.3) is 0 Å². The Morgan fingerprint density at radius 3 is 0.727 bits per heavy atom. The van der Waals surface area contributed by atoms with E-state index in [1.54, 1.807) is 0 Å². The van der Waals surface area contributed by atoms with Crippen LogP contribution in [0.4, 0.5) is 70.2 Å². The summed E-state index contributed by atoms with van der Waals surface area (Å²) < 4.78 is 266. The number of benzene rings is 4. The Morgan fingerprint density at radius 1 is 0.333 bits per heavy atom. The maximum absolute atomic E-state index is 16.3. The first-order valence-corrected chi connectivity index (χ1v) is 20.7. The minimum Gasteiger partial charge on any atom is -0.491 e. The zero-order valence-electron chi connectivity index (χ0n) is 36.3. The maximum atomic E-state index is 16.3. The standard InChI is InChI=1S/C28H12BF16O4.C16H31N/c1-46-25-13(34)5(9(30)17(38)21(25)42)29(6-10(31)18(39)22(43)26(47-2)14(6)35,7-11(32)19(40)23(44)27(48-3)15(7)36)8-12(33)20(41)24(45)28(49-4)16(8)37;1-3-15(11-7-5-8-12-15)17-16(4-2)13-9-6-10-14-16/h1-4H3;17H,3-14H2,1-2H3/q-1;/p+1. The topological polar surface area (TPSA) is 53.5 Å². The van der Waals surface area contributed by atoms with Crippen LogP contribution in [0.15, 0.2) is 0 Å². The van der Waals surface area contributed by atoms with Gasteiger partial charge in [0.15, 0.2) is 46.3 Å². The molecule has 6 rings (SSSR count). The van der Waals surface area contributed by atoms with Crippen molar-refractivity contribution in [3.8, 4) is 23.0 Å². The molecular formula is C44H44BF16NO4. The van der Waals surface area contributed by atoms with Crippen LogP contribution in [0.2, 0.25) is 0 Å². The van der Waals surface area contributed by atoms with E-state index in [0.717, 1.165) is 0 Å². The van der Waals surface area contributed by atoms with Gasteiger partial charge in [-0.1, -0.05) is 26.7 Å². The Hall–Kier alpha value is -5.02. The van der Waals surface area contributed by atoms with Gasteiger partial charge >= 0.3 is 0 Å². The molecule has 0 radical (unpaired) electrons. The molecule has 0 unspecified atom stereocenters. The third-order valence-electron chi connectivity index (χ3n) is 13.3. The van der Waals surface area contributed by atoms with Gasteiger partial charge in [0.2, 0.25) is 23.3 Å². The van der Waals surface area contributed by atoms with Gasteiger partial charge in [-0.3, -0.25) is 0 Å². The van der Waals surface area contributed by atoms with Crippen molar-refractivity contribution >= 4 is 28.0 Å². The van der Waals surface area contributed by atoms with Crippen LogP contribution in [-0.4, -0.2) is 45.7 Å². The summed E-state index contributed by atoms with van der Waals surface area (Å²) >= 11 is 0. The Labute approximate surface area is 368 Å². The molecule has 4 aromatic rings. The fourth-order valence-corrected chi connectivity index (χ4v) is 9.98. The second kappa shape index (κ2) is 20.1. The highest BCUT2D eigenvalue weighted by atomic mass is 19.2. The van der Waals surface area contributed by atoms with Gasteiger partial charge in [0.25, 0.3) is 0 Å². The predicted octanol–water partition coefficient (Wildman–Crippen LogP) is 9.10. The minimum absolute atomic E-state index is 0.266. The van der Waals surface area contributed by atoms with E-state index in [-0.39, 0.29) is 28.4 Å². The van der Waals surface area contributed by atoms with Crippen LogP contribution in [0, 0.1) is 93.1 Å². The molecule has 0 atom stereocenters. The Morgan fingerprint density at radius 2 is 0.545 bits per heavy atom. The molecular weight excluding hydrogens is 921 g/mol. The molecule has 4 aromatic carbocycles. The first-order valence-electron chi connectivity index (χ1n) is 20.7. The normalized spacial score (nSPS) is 15.8. The van der Waals surface area contributed by atoms with E-state index in [2.05, 4.69) is 38.1 Å². The second-order valence-electron chi connectivity index (χ2n) is 16.4. The minimum atomic E-state index is -6.61. The quantitative estimate of drug-likeness (QED) is 0.0667. The Balaban J connectivity index is 0.000000400. The first kappa shape index (κ1) is 52.0. The molecule has 2 aliphatic rings. The average Bonchev–Trinajstić information content (AvgIpc) is 3.30. The van der Waals surface area contributed by atoms with E-state index < -0.39 is 144 Å². The smallest absolute Gasteiger partial charge is 0.206 e. The van der Waals surface area contributed by atoms with Crippen molar-refractivity contribution in [2.45, 2.75) is 102 Å². The van der Waals surface area contributed by atoms with Gasteiger partial charge in [-0.05, 0) is 38.5 Å². The van der Waals surface area contributed by atoms with Crippen LogP contribution >= 0.6 is 0 Å². The maximum Gasteiger partial charge on any atom is 0.206 e. The molecule has 0 heterocycles. The van der Waals surface area contributed by atoms with Gasteiger partial charge in [0.1, 0.15) is 52.7 Å². The summed E-state index contributed by atoms with van der Waals surface area (Å²) in [5.41, 5.74) is -10.6. The van der Waals surface area contributed by atoms with E-state index >= 15 is 52.7 Å². The first-order chi connectivity index (χ1) is 31.1. The summed E-state index contributed by atoms with van der Waals surface area (Å²) in [4.78, 5) is 0. The molecule has 0 bridgehead atoms. The third kappa shape index (κ3) is 8.26. The number of hydrogen-bond acceptors (Lipinski definition) is 4. The molecule has 2 fully saturated rings. The van der Waals surface area contributed by atoms with Gasteiger partial charge in [-0.15, -0.1) is 21.9 Å². The van der Waals surface area contributed by atoms with Crippen LogP contribution in [0.3, 0.4) is 0 Å². The summed E-state index contributed by atoms with van der Waals surface area (Å²) in [5.74, 6) is -57.2. The number of quaternary nitrogens is 1. The lowest BCUT2D eigenvalue weighted by atomic mass is 9.12. The van der Waals surface area contributed by atoms with Crippen molar-refractivity contribution in [1.29, 1.82) is 0 Å². The summed E-state index contributed by atoms with van der Waals surface area (Å²) in [6.45, 7) is 4.85. The highest BCUT2D eigenvalue weighted by molar-refractivity contribution is 7.20. The highest BCUT2D eigenvalue weighted by Gasteiger charge is 2.53. The SMILES string of the molecule is CCC1([NH2+]C2(CC)CCCCC2)CCCCC1.COc1c(F)c(F)c(F)c([B-](c2c(F)c(F)c(F)c(OC)c2F)(c2c(F)c(F)c(F)c(OC)c2F)c2c(F)c(F)c(F)c(OC)c2F)c1F. The second-order valence-corrected chi connectivity index (χ2v) is 16.4. The van der Waals surface area contributed by atoms with Gasteiger partial charge in [-0.25, -0.2) is 52.7 Å². The largest absolute Gasteiger partial charge is 0.491 e. The van der Waals surface area contributed by atoms with Gasteiger partial charge < -0.3 is 24.3 Å². The molecule has 0 aliphatic heterocycles. The molecule has 5 nitrogen and oxygen atoms in total. The highest BCUT2D eigenvalue weighted by Crippen LogP contribution is 2.37. The lowest BCUT2D eigenvalue weighted by molar-refractivity contribution is -0.796.